The number of carboxylic acids is 1. The van der Waals surface area contributed by atoms with Crippen LogP contribution in [0.5, 0.6) is 0 Å². The van der Waals surface area contributed by atoms with Crippen LogP contribution in [0.4, 0.5) is 5.69 Å². The number of β-amino-alcohol motifs (C(OH)–C–C–N with tert-alkyl or cyclic N) is 1. The largest absolute Gasteiger partial charge is 0.481 e. The van der Waals surface area contributed by atoms with E-state index < -0.39 is 12.1 Å². The van der Waals surface area contributed by atoms with Crippen molar-refractivity contribution in [2.75, 3.05) is 18.0 Å². The summed E-state index contributed by atoms with van der Waals surface area (Å²) < 4.78 is 0. The highest BCUT2D eigenvalue weighted by molar-refractivity contribution is 5.73. The summed E-state index contributed by atoms with van der Waals surface area (Å²) in [7, 11) is 0. The van der Waals surface area contributed by atoms with Gasteiger partial charge in [-0.3, -0.25) is 4.79 Å². The van der Waals surface area contributed by atoms with Gasteiger partial charge in [0.2, 0.25) is 0 Å². The van der Waals surface area contributed by atoms with Gasteiger partial charge in [-0.25, -0.2) is 0 Å². The quantitative estimate of drug-likeness (QED) is 0.824. The molecule has 1 aromatic carbocycles. The molecule has 2 rings (SSSR count). The average molecular weight is 235 g/mol. The minimum atomic E-state index is -0.768. The van der Waals surface area contributed by atoms with E-state index in [0.717, 1.165) is 11.3 Å². The first-order valence-corrected chi connectivity index (χ1v) is 5.81. The Balaban J connectivity index is 2.29. The van der Waals surface area contributed by atoms with Crippen LogP contribution in [0.3, 0.4) is 0 Å². The number of aliphatic hydroxyl groups excluding tert-OH is 1. The molecule has 0 spiro atoms. The maximum atomic E-state index is 11.1. The lowest BCUT2D eigenvalue weighted by atomic mass is 9.92. The van der Waals surface area contributed by atoms with Crippen molar-refractivity contribution in [3.05, 3.63) is 29.8 Å². The third kappa shape index (κ3) is 2.58. The summed E-state index contributed by atoms with van der Waals surface area (Å²) in [6.07, 6.45) is 0.109. The Bertz CT molecular complexity index is 417. The Hall–Kier alpha value is -1.55. The van der Waals surface area contributed by atoms with Gasteiger partial charge in [-0.15, -0.1) is 0 Å². The van der Waals surface area contributed by atoms with Crippen LogP contribution in [0.2, 0.25) is 0 Å². The highest BCUT2D eigenvalue weighted by Gasteiger charge is 2.29. The molecule has 17 heavy (non-hydrogen) atoms. The van der Waals surface area contributed by atoms with E-state index >= 15 is 0 Å². The first-order valence-electron chi connectivity index (χ1n) is 5.81. The number of hydrogen-bond donors (Lipinski definition) is 2. The number of para-hydroxylation sites is 1. The van der Waals surface area contributed by atoms with Crippen LogP contribution in [0.25, 0.3) is 0 Å². The Morgan fingerprint density at radius 1 is 1.53 bits per heavy atom. The molecule has 0 saturated carbocycles. The number of carboxylic acid groups (broad SMARTS) is 1. The van der Waals surface area contributed by atoms with E-state index in [1.165, 1.54) is 0 Å². The van der Waals surface area contributed by atoms with Crippen LogP contribution in [-0.2, 0) is 11.2 Å². The van der Waals surface area contributed by atoms with E-state index in [4.69, 9.17) is 5.11 Å². The zero-order chi connectivity index (χ0) is 12.4. The second-order valence-electron chi connectivity index (χ2n) is 4.62. The molecule has 92 valence electrons. The lowest BCUT2D eigenvalue weighted by Gasteiger charge is -2.35. The molecule has 0 amide bonds. The van der Waals surface area contributed by atoms with Crippen LogP contribution >= 0.6 is 0 Å². The van der Waals surface area contributed by atoms with Crippen molar-refractivity contribution in [2.45, 2.75) is 19.4 Å². The van der Waals surface area contributed by atoms with E-state index in [1.807, 2.05) is 29.2 Å². The van der Waals surface area contributed by atoms with Crippen LogP contribution < -0.4 is 4.90 Å². The van der Waals surface area contributed by atoms with Gasteiger partial charge < -0.3 is 15.1 Å². The summed E-state index contributed by atoms with van der Waals surface area (Å²) in [6.45, 7) is 2.66. The Kier molecular flexibility index (Phi) is 3.33. The highest BCUT2D eigenvalue weighted by Crippen LogP contribution is 2.29. The fourth-order valence-corrected chi connectivity index (χ4v) is 2.34. The molecule has 0 saturated heterocycles. The Morgan fingerprint density at radius 2 is 2.24 bits per heavy atom. The second-order valence-corrected chi connectivity index (χ2v) is 4.62. The van der Waals surface area contributed by atoms with Gasteiger partial charge in [0.05, 0.1) is 12.0 Å². The van der Waals surface area contributed by atoms with Crippen molar-refractivity contribution in [1.29, 1.82) is 0 Å². The molecule has 1 aliphatic heterocycles. The second kappa shape index (κ2) is 4.75. The number of fused-ring (bicyclic) bond motifs is 1. The number of aliphatic hydroxyl groups is 1. The van der Waals surface area contributed by atoms with Gasteiger partial charge in [0, 0.05) is 18.8 Å². The van der Waals surface area contributed by atoms with Gasteiger partial charge in [-0.1, -0.05) is 18.2 Å². The predicted molar refractivity (Wildman–Crippen MR) is 65.2 cm³/mol. The molecule has 4 nitrogen and oxygen atoms in total. The SMILES string of the molecule is CC(O)CN1CC(C(=O)O)Cc2ccccc21. The number of anilines is 1. The minimum Gasteiger partial charge on any atom is -0.481 e. The van der Waals surface area contributed by atoms with Crippen molar-refractivity contribution in [1.82, 2.24) is 0 Å². The van der Waals surface area contributed by atoms with E-state index in [2.05, 4.69) is 0 Å². The smallest absolute Gasteiger partial charge is 0.308 e. The molecule has 2 unspecified atom stereocenters. The zero-order valence-corrected chi connectivity index (χ0v) is 9.84. The fraction of sp³-hybridized carbons (Fsp3) is 0.462. The van der Waals surface area contributed by atoms with E-state index in [1.54, 1.807) is 6.92 Å². The fourth-order valence-electron chi connectivity index (χ4n) is 2.34. The molecule has 2 N–H and O–H groups in total. The van der Waals surface area contributed by atoms with E-state index in [-0.39, 0.29) is 5.92 Å². The molecule has 4 heteroatoms. The molecule has 1 aliphatic rings. The standard InChI is InChI=1S/C13H17NO3/c1-9(15)7-14-8-11(13(16)17)6-10-4-2-3-5-12(10)14/h2-5,9,11,15H,6-8H2,1H3,(H,16,17). The molecule has 1 aromatic rings. The Labute approximate surface area is 100 Å². The summed E-state index contributed by atoms with van der Waals surface area (Å²) in [5, 5.41) is 18.6. The normalized spacial score (nSPS) is 20.8. The van der Waals surface area contributed by atoms with Crippen molar-refractivity contribution < 1.29 is 15.0 Å². The van der Waals surface area contributed by atoms with Gasteiger partial charge >= 0.3 is 5.97 Å². The first-order chi connectivity index (χ1) is 8.08. The molecule has 0 fully saturated rings. The lowest BCUT2D eigenvalue weighted by molar-refractivity contribution is -0.141. The summed E-state index contributed by atoms with van der Waals surface area (Å²) in [5.41, 5.74) is 2.10. The molecule has 0 aliphatic carbocycles. The van der Waals surface area contributed by atoms with Crippen molar-refractivity contribution in [2.24, 2.45) is 5.92 Å². The maximum absolute atomic E-state index is 11.1. The predicted octanol–water partition coefficient (Wildman–Crippen LogP) is 1.13. The van der Waals surface area contributed by atoms with Gasteiger partial charge in [0.1, 0.15) is 0 Å². The topological polar surface area (TPSA) is 60.8 Å². The molecule has 2 atom stereocenters. The van der Waals surface area contributed by atoms with Gasteiger partial charge in [-0.2, -0.15) is 0 Å². The maximum Gasteiger partial charge on any atom is 0.308 e. The van der Waals surface area contributed by atoms with Crippen LogP contribution in [-0.4, -0.2) is 35.4 Å². The molecule has 1 heterocycles. The van der Waals surface area contributed by atoms with Crippen molar-refractivity contribution in [3.63, 3.8) is 0 Å². The number of aliphatic carboxylic acids is 1. The van der Waals surface area contributed by atoms with E-state index in [0.29, 0.717) is 19.5 Å². The summed E-state index contributed by atoms with van der Waals surface area (Å²) in [4.78, 5) is 13.1. The molecular weight excluding hydrogens is 218 g/mol. The third-order valence-corrected chi connectivity index (χ3v) is 3.07. The highest BCUT2D eigenvalue weighted by atomic mass is 16.4. The molecule has 0 radical (unpaired) electrons. The number of nitrogens with zero attached hydrogens (tertiary/aromatic N) is 1. The zero-order valence-electron chi connectivity index (χ0n) is 9.84. The van der Waals surface area contributed by atoms with E-state index in [9.17, 15) is 9.90 Å². The van der Waals surface area contributed by atoms with Crippen molar-refractivity contribution >= 4 is 11.7 Å². The minimum absolute atomic E-state index is 0.386. The number of benzene rings is 1. The van der Waals surface area contributed by atoms with Crippen LogP contribution in [0.1, 0.15) is 12.5 Å². The summed E-state index contributed by atoms with van der Waals surface area (Å²) >= 11 is 0. The molecular formula is C13H17NO3. The first kappa shape index (κ1) is 11.9. The van der Waals surface area contributed by atoms with Crippen LogP contribution in [0.15, 0.2) is 24.3 Å². The van der Waals surface area contributed by atoms with Gasteiger partial charge in [0.15, 0.2) is 0 Å². The number of carbonyl (C=O) groups is 1. The molecule has 0 bridgehead atoms. The lowest BCUT2D eigenvalue weighted by Crippen LogP contribution is -2.42. The third-order valence-electron chi connectivity index (χ3n) is 3.07. The Morgan fingerprint density at radius 3 is 2.88 bits per heavy atom. The van der Waals surface area contributed by atoms with Gasteiger partial charge in [0.25, 0.3) is 0 Å². The average Bonchev–Trinajstić information content (AvgIpc) is 2.28. The van der Waals surface area contributed by atoms with Crippen molar-refractivity contribution in [3.8, 4) is 0 Å². The summed E-state index contributed by atoms with van der Waals surface area (Å²) in [6, 6.07) is 7.80. The monoisotopic (exact) mass is 235 g/mol. The number of rotatable bonds is 3. The van der Waals surface area contributed by atoms with Gasteiger partial charge in [-0.05, 0) is 25.0 Å². The molecule has 0 aromatic heterocycles. The number of hydrogen-bond acceptors (Lipinski definition) is 3. The summed E-state index contributed by atoms with van der Waals surface area (Å²) in [5.74, 6) is -1.15. The van der Waals surface area contributed by atoms with Crippen LogP contribution in [0, 0.1) is 5.92 Å².